The fourth-order valence-electron chi connectivity index (χ4n) is 3.09. The highest BCUT2D eigenvalue weighted by Gasteiger charge is 2.35. The molecule has 0 N–H and O–H groups in total. The Morgan fingerprint density at radius 3 is 2.24 bits per heavy atom. The minimum atomic E-state index is -0.490. The molecule has 0 saturated carbocycles. The van der Waals surface area contributed by atoms with Crippen molar-refractivity contribution in [2.24, 2.45) is 0 Å². The molecule has 0 radical (unpaired) electrons. The third kappa shape index (κ3) is 5.20. The van der Waals surface area contributed by atoms with E-state index in [-0.39, 0.29) is 23.0 Å². The molecule has 0 aliphatic carbocycles. The van der Waals surface area contributed by atoms with E-state index in [2.05, 4.69) is 15.9 Å². The molecule has 9 nitrogen and oxygen atoms in total. The Kier molecular flexibility index (Phi) is 7.44. The highest BCUT2D eigenvalue weighted by atomic mass is 79.9. The lowest BCUT2D eigenvalue weighted by atomic mass is 10.1. The van der Waals surface area contributed by atoms with Gasteiger partial charge in [0.15, 0.2) is 16.6 Å². The SMILES string of the molecule is CCOc1cc(C=C2C(=O)N(C)C(=S)N(C)C2=O)cc(Br)c1OCc1ccc([N+](=O)[O-])cc1. The summed E-state index contributed by atoms with van der Waals surface area (Å²) in [7, 11) is 3.02. The zero-order valence-electron chi connectivity index (χ0n) is 18.0. The number of rotatable bonds is 7. The van der Waals surface area contributed by atoms with E-state index in [1.807, 2.05) is 6.92 Å². The number of likely N-dealkylation sites (N-methyl/N-ethyl adjacent to an activating group) is 2. The van der Waals surface area contributed by atoms with Crippen LogP contribution in [0.1, 0.15) is 18.1 Å². The van der Waals surface area contributed by atoms with Crippen molar-refractivity contribution in [2.75, 3.05) is 20.7 Å². The number of nitro benzene ring substituents is 1. The van der Waals surface area contributed by atoms with Gasteiger partial charge in [-0.2, -0.15) is 0 Å². The first kappa shape index (κ1) is 24.3. The molecule has 0 bridgehead atoms. The zero-order chi connectivity index (χ0) is 24.3. The molecule has 11 heteroatoms. The number of halogens is 1. The van der Waals surface area contributed by atoms with E-state index in [1.54, 1.807) is 24.3 Å². The Morgan fingerprint density at radius 1 is 1.09 bits per heavy atom. The van der Waals surface area contributed by atoms with Crippen LogP contribution in [0, 0.1) is 10.1 Å². The summed E-state index contributed by atoms with van der Waals surface area (Å²) >= 11 is 8.58. The maximum atomic E-state index is 12.6. The van der Waals surface area contributed by atoms with Crippen LogP contribution in [0.4, 0.5) is 5.69 Å². The minimum absolute atomic E-state index is 0.00353. The molecule has 33 heavy (non-hydrogen) atoms. The van der Waals surface area contributed by atoms with Crippen LogP contribution < -0.4 is 9.47 Å². The van der Waals surface area contributed by atoms with Crippen LogP contribution in [0.5, 0.6) is 11.5 Å². The van der Waals surface area contributed by atoms with Crippen LogP contribution in [0.2, 0.25) is 0 Å². The summed E-state index contributed by atoms with van der Waals surface area (Å²) in [4.78, 5) is 38.0. The molecule has 0 spiro atoms. The van der Waals surface area contributed by atoms with Gasteiger partial charge in [-0.3, -0.25) is 29.5 Å². The first-order valence-electron chi connectivity index (χ1n) is 9.78. The summed E-state index contributed by atoms with van der Waals surface area (Å²) in [5.74, 6) is -0.144. The lowest BCUT2D eigenvalue weighted by molar-refractivity contribution is -0.384. The molecule has 2 amide bonds. The molecule has 1 aliphatic rings. The van der Waals surface area contributed by atoms with Crippen molar-refractivity contribution in [1.82, 2.24) is 9.80 Å². The molecule has 2 aromatic rings. The summed E-state index contributed by atoms with van der Waals surface area (Å²) in [5.41, 5.74) is 1.26. The summed E-state index contributed by atoms with van der Waals surface area (Å²) < 4.78 is 12.2. The van der Waals surface area contributed by atoms with Gasteiger partial charge in [-0.15, -0.1) is 0 Å². The predicted octanol–water partition coefficient (Wildman–Crippen LogP) is 3.93. The maximum Gasteiger partial charge on any atom is 0.269 e. The largest absolute Gasteiger partial charge is 0.490 e. The maximum absolute atomic E-state index is 12.6. The number of hydrogen-bond acceptors (Lipinski definition) is 7. The van der Waals surface area contributed by atoms with E-state index in [1.165, 1.54) is 42.1 Å². The van der Waals surface area contributed by atoms with Crippen molar-refractivity contribution in [3.63, 3.8) is 0 Å². The Balaban J connectivity index is 1.90. The number of ether oxygens (including phenoxy) is 2. The minimum Gasteiger partial charge on any atom is -0.490 e. The van der Waals surface area contributed by atoms with Crippen molar-refractivity contribution >= 4 is 56.8 Å². The molecule has 0 aromatic heterocycles. The van der Waals surface area contributed by atoms with Gasteiger partial charge in [0.05, 0.1) is 16.0 Å². The Labute approximate surface area is 203 Å². The Morgan fingerprint density at radius 2 is 1.70 bits per heavy atom. The van der Waals surface area contributed by atoms with E-state index < -0.39 is 16.7 Å². The molecule has 1 heterocycles. The molecule has 3 rings (SSSR count). The Hall–Kier alpha value is -3.31. The van der Waals surface area contributed by atoms with Crippen LogP contribution in [-0.4, -0.2) is 52.4 Å². The molecule has 0 unspecified atom stereocenters. The van der Waals surface area contributed by atoms with Crippen LogP contribution in [0.15, 0.2) is 46.4 Å². The summed E-state index contributed by atoms with van der Waals surface area (Å²) in [6.07, 6.45) is 1.48. The van der Waals surface area contributed by atoms with Crippen molar-refractivity contribution in [1.29, 1.82) is 0 Å². The van der Waals surface area contributed by atoms with E-state index in [4.69, 9.17) is 21.7 Å². The fraction of sp³-hybridized carbons (Fsp3) is 0.227. The lowest BCUT2D eigenvalue weighted by Crippen LogP contribution is -2.52. The van der Waals surface area contributed by atoms with Gasteiger partial charge in [0.25, 0.3) is 17.5 Å². The lowest BCUT2D eigenvalue weighted by Gasteiger charge is -2.31. The van der Waals surface area contributed by atoms with Crippen molar-refractivity contribution in [2.45, 2.75) is 13.5 Å². The predicted molar refractivity (Wildman–Crippen MR) is 129 cm³/mol. The van der Waals surface area contributed by atoms with Gasteiger partial charge in [-0.25, -0.2) is 0 Å². The quantitative estimate of drug-likeness (QED) is 0.174. The van der Waals surface area contributed by atoms with Crippen LogP contribution in [-0.2, 0) is 16.2 Å². The normalized spacial score (nSPS) is 13.9. The standard InChI is InChI=1S/C22H20BrN3O6S/c1-4-31-18-11-14(9-16-20(27)24(2)22(33)25(3)21(16)28)10-17(23)19(18)32-12-13-5-7-15(8-6-13)26(29)30/h5-11H,4,12H2,1-3H3. The number of thiocarbonyl (C=S) groups is 1. The molecule has 0 atom stereocenters. The second-order valence-corrected chi connectivity index (χ2v) is 8.26. The average Bonchev–Trinajstić information content (AvgIpc) is 2.79. The highest BCUT2D eigenvalue weighted by molar-refractivity contribution is 9.10. The van der Waals surface area contributed by atoms with Crippen LogP contribution >= 0.6 is 28.1 Å². The number of benzene rings is 2. The summed E-state index contributed by atoms with van der Waals surface area (Å²) in [5, 5.41) is 10.9. The topological polar surface area (TPSA) is 102 Å². The fourth-order valence-corrected chi connectivity index (χ4v) is 3.83. The van der Waals surface area contributed by atoms with Gasteiger partial charge < -0.3 is 9.47 Å². The molecular formula is C22H20BrN3O6S. The number of carbonyl (C=O) groups excluding carboxylic acids is 2. The van der Waals surface area contributed by atoms with E-state index in [0.29, 0.717) is 28.1 Å². The molecule has 172 valence electrons. The smallest absolute Gasteiger partial charge is 0.269 e. The summed E-state index contributed by atoms with van der Waals surface area (Å²) in [6.45, 7) is 2.33. The van der Waals surface area contributed by atoms with Crippen molar-refractivity contribution in [3.8, 4) is 11.5 Å². The first-order valence-corrected chi connectivity index (χ1v) is 11.0. The highest BCUT2D eigenvalue weighted by Crippen LogP contribution is 2.38. The second-order valence-electron chi connectivity index (χ2n) is 7.04. The van der Waals surface area contributed by atoms with Crippen molar-refractivity contribution < 1.29 is 24.0 Å². The number of carbonyl (C=O) groups is 2. The van der Waals surface area contributed by atoms with Gasteiger partial charge in [-0.1, -0.05) is 0 Å². The van der Waals surface area contributed by atoms with Gasteiger partial charge in [0.2, 0.25) is 0 Å². The van der Waals surface area contributed by atoms with E-state index in [9.17, 15) is 19.7 Å². The molecule has 1 saturated heterocycles. The third-order valence-electron chi connectivity index (χ3n) is 4.82. The van der Waals surface area contributed by atoms with Gasteiger partial charge in [0, 0.05) is 26.2 Å². The summed E-state index contributed by atoms with van der Waals surface area (Å²) in [6, 6.07) is 9.41. The van der Waals surface area contributed by atoms with Gasteiger partial charge >= 0.3 is 0 Å². The van der Waals surface area contributed by atoms with Crippen LogP contribution in [0.25, 0.3) is 6.08 Å². The third-order valence-corrected chi connectivity index (χ3v) is 5.95. The van der Waals surface area contributed by atoms with Crippen LogP contribution in [0.3, 0.4) is 0 Å². The van der Waals surface area contributed by atoms with Gasteiger partial charge in [-0.05, 0) is 76.5 Å². The van der Waals surface area contributed by atoms with E-state index in [0.717, 1.165) is 5.56 Å². The number of hydrogen-bond donors (Lipinski definition) is 0. The first-order chi connectivity index (χ1) is 15.6. The molecule has 1 fully saturated rings. The number of nitro groups is 1. The Bertz CT molecular complexity index is 1140. The second kappa shape index (κ2) is 10.1. The van der Waals surface area contributed by atoms with Crippen molar-refractivity contribution in [3.05, 3.63) is 67.7 Å². The molecular weight excluding hydrogens is 514 g/mol. The van der Waals surface area contributed by atoms with Gasteiger partial charge in [0.1, 0.15) is 12.2 Å². The number of nitrogens with zero attached hydrogens (tertiary/aromatic N) is 3. The monoisotopic (exact) mass is 533 g/mol. The molecule has 2 aromatic carbocycles. The van der Waals surface area contributed by atoms with E-state index >= 15 is 0 Å². The zero-order valence-corrected chi connectivity index (χ0v) is 20.4. The molecule has 1 aliphatic heterocycles. The number of non-ortho nitro benzene ring substituents is 1. The average molecular weight is 534 g/mol. The number of amides is 2.